The molecule has 2 aliphatic rings. The summed E-state index contributed by atoms with van der Waals surface area (Å²) in [6, 6.07) is 11.1. The largest absolute Gasteiger partial charge is 0.496 e. The first-order valence-corrected chi connectivity index (χ1v) is 13.4. The predicted molar refractivity (Wildman–Crippen MR) is 143 cm³/mol. The third-order valence-electron chi connectivity index (χ3n) is 7.58. The fraction of sp³-hybridized carbons (Fsp3) is 0.517. The van der Waals surface area contributed by atoms with Gasteiger partial charge in [-0.3, -0.25) is 9.59 Å². The smallest absolute Gasteiger partial charge is 0.257 e. The molecule has 0 unspecified atom stereocenters. The highest BCUT2D eigenvalue weighted by atomic mass is 35.5. The number of aliphatic hydroxyl groups is 1. The number of benzene rings is 2. The molecule has 8 heteroatoms. The summed E-state index contributed by atoms with van der Waals surface area (Å²) in [7, 11) is 1.56. The van der Waals surface area contributed by atoms with Crippen LogP contribution in [0.15, 0.2) is 36.4 Å². The number of amides is 2. The van der Waals surface area contributed by atoms with Gasteiger partial charge in [-0.2, -0.15) is 0 Å². The Morgan fingerprint density at radius 3 is 2.43 bits per heavy atom. The number of aryl methyl sites for hydroxylation is 2. The van der Waals surface area contributed by atoms with Crippen LogP contribution in [0.2, 0.25) is 5.02 Å². The molecule has 2 saturated heterocycles. The number of hydrogen-bond acceptors (Lipinski definition) is 5. The molecule has 0 bridgehead atoms. The third-order valence-corrected chi connectivity index (χ3v) is 8.18. The third kappa shape index (κ3) is 6.39. The summed E-state index contributed by atoms with van der Waals surface area (Å²) < 4.78 is 11.8. The predicted octanol–water partition coefficient (Wildman–Crippen LogP) is 4.64. The van der Waals surface area contributed by atoms with Crippen LogP contribution in [0.4, 0.5) is 0 Å². The van der Waals surface area contributed by atoms with Crippen LogP contribution in [0.25, 0.3) is 0 Å². The molecule has 0 spiro atoms. The number of halogens is 1. The van der Waals surface area contributed by atoms with Gasteiger partial charge in [-0.1, -0.05) is 23.7 Å². The summed E-state index contributed by atoms with van der Waals surface area (Å²) in [5, 5.41) is 10.6. The molecule has 2 heterocycles. The molecule has 7 nitrogen and oxygen atoms in total. The van der Waals surface area contributed by atoms with E-state index < -0.39 is 5.41 Å². The Bertz CT molecular complexity index is 1110. The number of nitrogens with zero attached hydrogens (tertiary/aromatic N) is 2. The van der Waals surface area contributed by atoms with E-state index in [1.54, 1.807) is 19.2 Å². The van der Waals surface area contributed by atoms with Gasteiger partial charge in [-0.15, -0.1) is 0 Å². The van der Waals surface area contributed by atoms with Crippen LogP contribution in [0.3, 0.4) is 0 Å². The zero-order chi connectivity index (χ0) is 26.6. The molecule has 4 rings (SSSR count). The number of carbonyl (C=O) groups is 2. The van der Waals surface area contributed by atoms with Crippen molar-refractivity contribution in [1.29, 1.82) is 0 Å². The minimum atomic E-state index is -0.537. The van der Waals surface area contributed by atoms with Gasteiger partial charge in [0.15, 0.2) is 0 Å². The molecular weight excluding hydrogens is 492 g/mol. The zero-order valence-electron chi connectivity index (χ0n) is 22.0. The van der Waals surface area contributed by atoms with Crippen molar-refractivity contribution in [3.8, 4) is 11.5 Å². The lowest BCUT2D eigenvalue weighted by molar-refractivity contribution is -0.137. The number of para-hydroxylation sites is 1. The number of likely N-dealkylation sites (tertiary alicyclic amines) is 2. The van der Waals surface area contributed by atoms with Crippen LogP contribution in [-0.4, -0.2) is 72.7 Å². The molecule has 0 radical (unpaired) electrons. The van der Waals surface area contributed by atoms with E-state index in [0.29, 0.717) is 62.7 Å². The molecule has 200 valence electrons. The van der Waals surface area contributed by atoms with Crippen molar-refractivity contribution in [1.82, 2.24) is 9.80 Å². The Labute approximate surface area is 224 Å². The van der Waals surface area contributed by atoms with Crippen molar-refractivity contribution in [3.05, 3.63) is 58.1 Å². The highest BCUT2D eigenvalue weighted by Crippen LogP contribution is 2.37. The quantitative estimate of drug-likeness (QED) is 0.566. The fourth-order valence-electron chi connectivity index (χ4n) is 5.46. The molecule has 0 aliphatic carbocycles. The van der Waals surface area contributed by atoms with E-state index in [-0.39, 0.29) is 24.3 Å². The van der Waals surface area contributed by atoms with E-state index in [2.05, 4.69) is 0 Å². The molecule has 2 aliphatic heterocycles. The van der Waals surface area contributed by atoms with Gasteiger partial charge in [0.25, 0.3) is 5.91 Å². The molecule has 0 saturated carbocycles. The van der Waals surface area contributed by atoms with Crippen LogP contribution >= 0.6 is 11.6 Å². The van der Waals surface area contributed by atoms with Crippen molar-refractivity contribution in [2.45, 2.75) is 52.1 Å². The average Bonchev–Trinajstić information content (AvgIpc) is 2.90. The van der Waals surface area contributed by atoms with Crippen molar-refractivity contribution >= 4 is 23.4 Å². The van der Waals surface area contributed by atoms with Gasteiger partial charge in [0, 0.05) is 43.0 Å². The number of carbonyl (C=O) groups excluding carboxylic acids is 2. The van der Waals surface area contributed by atoms with Gasteiger partial charge in [-0.25, -0.2) is 0 Å². The Morgan fingerprint density at radius 2 is 1.76 bits per heavy atom. The normalized spacial score (nSPS) is 20.6. The SMILES string of the molecule is COc1ccccc1C(=O)N1CCC[C@](COc2cc(C)c(Cl)c(C)c2)(CC(=O)N2CCC(O)CC2)C1. The number of hydrogen-bond donors (Lipinski definition) is 1. The van der Waals surface area contributed by atoms with E-state index >= 15 is 0 Å². The summed E-state index contributed by atoms with van der Waals surface area (Å²) in [6.07, 6.45) is 2.67. The number of piperidine rings is 2. The summed E-state index contributed by atoms with van der Waals surface area (Å²) in [4.78, 5) is 30.7. The average molecular weight is 529 g/mol. The van der Waals surface area contributed by atoms with Crippen LogP contribution in [-0.2, 0) is 4.79 Å². The van der Waals surface area contributed by atoms with Gasteiger partial charge >= 0.3 is 0 Å². The lowest BCUT2D eigenvalue weighted by atomic mass is 9.77. The molecule has 1 atom stereocenters. The number of aliphatic hydroxyl groups excluding tert-OH is 1. The Hall–Kier alpha value is -2.77. The van der Waals surface area contributed by atoms with Gasteiger partial charge < -0.3 is 24.4 Å². The summed E-state index contributed by atoms with van der Waals surface area (Å²) in [5.74, 6) is 1.19. The molecule has 2 amide bonds. The Balaban J connectivity index is 1.57. The van der Waals surface area contributed by atoms with Gasteiger partial charge in [0.1, 0.15) is 11.5 Å². The maximum absolute atomic E-state index is 13.6. The summed E-state index contributed by atoms with van der Waals surface area (Å²) >= 11 is 6.35. The van der Waals surface area contributed by atoms with Crippen LogP contribution in [0.1, 0.15) is 53.6 Å². The first-order valence-electron chi connectivity index (χ1n) is 13.0. The van der Waals surface area contributed by atoms with E-state index in [9.17, 15) is 14.7 Å². The number of rotatable bonds is 7. The summed E-state index contributed by atoms with van der Waals surface area (Å²) in [6.45, 7) is 6.33. The van der Waals surface area contributed by atoms with Crippen LogP contribution < -0.4 is 9.47 Å². The van der Waals surface area contributed by atoms with Gasteiger partial charge in [-0.05, 0) is 74.9 Å². The van der Waals surface area contributed by atoms with Gasteiger partial charge in [0.2, 0.25) is 5.91 Å². The lowest BCUT2D eigenvalue weighted by Gasteiger charge is -2.43. The molecule has 1 N–H and O–H groups in total. The lowest BCUT2D eigenvalue weighted by Crippen LogP contribution is -2.51. The van der Waals surface area contributed by atoms with E-state index in [0.717, 1.165) is 29.0 Å². The second kappa shape index (κ2) is 11.7. The van der Waals surface area contributed by atoms with Crippen molar-refractivity contribution in [2.24, 2.45) is 5.41 Å². The zero-order valence-corrected chi connectivity index (χ0v) is 22.7. The molecule has 2 fully saturated rings. The molecule has 0 aromatic heterocycles. The Morgan fingerprint density at radius 1 is 1.08 bits per heavy atom. The minimum Gasteiger partial charge on any atom is -0.496 e. The standard InChI is InChI=1S/C29H37ClN2O5/c1-20-15-23(16-21(2)27(20)30)37-19-29(17-26(34)31-13-9-22(33)10-14-31)11-6-12-32(18-29)28(35)24-7-4-5-8-25(24)36-3/h4-5,7-8,15-16,22,33H,6,9-14,17-19H2,1-3H3/t29-/m0/s1. The molecule has 37 heavy (non-hydrogen) atoms. The van der Waals surface area contributed by atoms with Gasteiger partial charge in [0.05, 0.1) is 25.4 Å². The maximum Gasteiger partial charge on any atom is 0.257 e. The monoisotopic (exact) mass is 528 g/mol. The van der Waals surface area contributed by atoms with Crippen molar-refractivity contribution < 1.29 is 24.2 Å². The number of methoxy groups -OCH3 is 1. The number of ether oxygens (including phenoxy) is 2. The van der Waals surface area contributed by atoms with E-state index in [1.807, 2.05) is 47.9 Å². The molecule has 2 aromatic carbocycles. The summed E-state index contributed by atoms with van der Waals surface area (Å²) in [5.41, 5.74) is 1.85. The second-order valence-electron chi connectivity index (χ2n) is 10.5. The van der Waals surface area contributed by atoms with E-state index in [1.165, 1.54) is 0 Å². The van der Waals surface area contributed by atoms with Crippen LogP contribution in [0.5, 0.6) is 11.5 Å². The van der Waals surface area contributed by atoms with Crippen LogP contribution in [0, 0.1) is 19.3 Å². The topological polar surface area (TPSA) is 79.3 Å². The minimum absolute atomic E-state index is 0.0468. The van der Waals surface area contributed by atoms with E-state index in [4.69, 9.17) is 21.1 Å². The first-order chi connectivity index (χ1) is 17.7. The molecular formula is C29H37ClN2O5. The molecule has 2 aromatic rings. The first kappa shape index (κ1) is 27.3. The highest BCUT2D eigenvalue weighted by molar-refractivity contribution is 6.32. The fourth-order valence-corrected chi connectivity index (χ4v) is 5.57. The van der Waals surface area contributed by atoms with Crippen molar-refractivity contribution in [3.63, 3.8) is 0 Å². The second-order valence-corrected chi connectivity index (χ2v) is 10.9. The highest BCUT2D eigenvalue weighted by Gasteiger charge is 2.41. The Kier molecular flexibility index (Phi) is 8.65. The maximum atomic E-state index is 13.6. The van der Waals surface area contributed by atoms with Crippen molar-refractivity contribution in [2.75, 3.05) is 39.9 Å².